The molecule has 0 radical (unpaired) electrons. The van der Waals surface area contributed by atoms with Crippen molar-refractivity contribution in [1.29, 1.82) is 0 Å². The molecule has 0 amide bonds. The minimum atomic E-state index is 0.491. The Balaban J connectivity index is 0.000000750. The van der Waals surface area contributed by atoms with Gasteiger partial charge in [0.25, 0.3) is 0 Å². The zero-order valence-electron chi connectivity index (χ0n) is 23.9. The van der Waals surface area contributed by atoms with E-state index in [0.29, 0.717) is 16.9 Å². The number of allylic oxidation sites excluding steroid dienone is 1. The summed E-state index contributed by atoms with van der Waals surface area (Å²) in [7, 11) is 0. The van der Waals surface area contributed by atoms with Gasteiger partial charge >= 0.3 is 0 Å². The van der Waals surface area contributed by atoms with E-state index in [1.54, 1.807) is 5.53 Å². The highest BCUT2D eigenvalue weighted by atomic mass is 15.4. The van der Waals surface area contributed by atoms with Gasteiger partial charge in [-0.05, 0) is 117 Å². The molecule has 0 aliphatic heterocycles. The molecule has 8 unspecified atom stereocenters. The van der Waals surface area contributed by atoms with Gasteiger partial charge in [0.15, 0.2) is 0 Å². The Labute approximate surface area is 213 Å². The van der Waals surface area contributed by atoms with Crippen LogP contribution >= 0.6 is 0 Å². The minimum absolute atomic E-state index is 0.491. The van der Waals surface area contributed by atoms with E-state index in [2.05, 4.69) is 38.2 Å². The quantitative estimate of drug-likeness (QED) is 0.138. The highest BCUT2D eigenvalue weighted by Crippen LogP contribution is 2.67. The maximum absolute atomic E-state index is 6.36. The lowest BCUT2D eigenvalue weighted by atomic mass is 9.44. The molecule has 4 rings (SSSR count). The summed E-state index contributed by atoms with van der Waals surface area (Å²) in [6.45, 7) is 17.3. The Kier molecular flexibility index (Phi) is 14.5. The van der Waals surface area contributed by atoms with Crippen LogP contribution in [0.25, 0.3) is 0 Å². The van der Waals surface area contributed by atoms with E-state index < -0.39 is 0 Å². The lowest BCUT2D eigenvalue weighted by Crippen LogP contribution is -2.54. The summed E-state index contributed by atoms with van der Waals surface area (Å²) in [5.41, 5.74) is 9.39. The summed E-state index contributed by atoms with van der Waals surface area (Å²) in [6.07, 6.45) is 22.1. The topological polar surface area (TPSA) is 90.1 Å². The smallest absolute Gasteiger partial charge is 0.00418 e. The average Bonchev–Trinajstić information content (AvgIpc) is 3.19. The molecule has 0 spiro atoms. The highest BCUT2D eigenvalue weighted by molar-refractivity contribution is 5.09. The maximum atomic E-state index is 6.36. The Bertz CT molecular complexity index is 552. The van der Waals surface area contributed by atoms with Gasteiger partial charge in [-0.15, -0.1) is 6.58 Å². The molecule has 8 atom stereocenters. The molecule has 0 saturated heterocycles. The first-order valence-corrected chi connectivity index (χ1v) is 14.9. The van der Waals surface area contributed by atoms with Gasteiger partial charge in [0, 0.05) is 6.04 Å². The van der Waals surface area contributed by atoms with E-state index in [-0.39, 0.29) is 0 Å². The Hall–Kier alpha value is -0.420. The van der Waals surface area contributed by atoms with E-state index in [4.69, 9.17) is 5.73 Å². The molecular weight excluding hydrogens is 416 g/mol. The Morgan fingerprint density at radius 3 is 2.09 bits per heavy atom. The van der Waals surface area contributed by atoms with Crippen molar-refractivity contribution in [2.75, 3.05) is 0 Å². The van der Waals surface area contributed by atoms with Gasteiger partial charge in [0.2, 0.25) is 0 Å². The Morgan fingerprint density at radius 2 is 1.44 bits per heavy atom. The predicted octanol–water partition coefficient (Wildman–Crippen LogP) is 7.48. The normalized spacial score (nSPS) is 39.9. The summed E-state index contributed by atoms with van der Waals surface area (Å²) >= 11 is 0. The standard InChI is InChI=1S/C26H45N.2C2H6.H5N3/c1-4-5-6-7-8-9-19-11-13-23-22-12-10-20-18-21(27)14-16-26(20,3)24(22)15-17-25(19,23)2;2*1-2;1-3-2/h4,19-24H,1,5-18,27H2,2-3H3;2*1-2H3;3H,1-2H2. The second-order valence-electron chi connectivity index (χ2n) is 11.6. The van der Waals surface area contributed by atoms with Crippen molar-refractivity contribution >= 4 is 0 Å². The van der Waals surface area contributed by atoms with Crippen molar-refractivity contribution in [3.05, 3.63) is 12.7 Å². The van der Waals surface area contributed by atoms with Gasteiger partial charge in [0.05, 0.1) is 0 Å². The van der Waals surface area contributed by atoms with Gasteiger partial charge in [0.1, 0.15) is 0 Å². The molecule has 34 heavy (non-hydrogen) atoms. The molecule has 0 aromatic heterocycles. The number of nitrogens with two attached hydrogens (primary N) is 3. The molecule has 0 bridgehead atoms. The Morgan fingerprint density at radius 1 is 0.824 bits per heavy atom. The molecule has 4 nitrogen and oxygen atoms in total. The number of nitrogens with one attached hydrogen (secondary N) is 1. The zero-order chi connectivity index (χ0) is 25.8. The van der Waals surface area contributed by atoms with Crippen LogP contribution in [0.15, 0.2) is 12.7 Å². The van der Waals surface area contributed by atoms with Gasteiger partial charge in [-0.2, -0.15) is 5.53 Å². The number of unbranched alkanes of at least 4 members (excludes halogenated alkanes) is 3. The summed E-state index contributed by atoms with van der Waals surface area (Å²) in [6, 6.07) is 0.491. The monoisotopic (exact) mass is 478 g/mol. The second-order valence-corrected chi connectivity index (χ2v) is 11.6. The fraction of sp³-hybridized carbons (Fsp3) is 0.933. The van der Waals surface area contributed by atoms with Crippen molar-refractivity contribution in [2.24, 2.45) is 57.8 Å². The molecule has 4 aliphatic rings. The molecule has 7 N–H and O–H groups in total. The number of rotatable bonds is 6. The van der Waals surface area contributed by atoms with Crippen LogP contribution < -0.4 is 23.0 Å². The van der Waals surface area contributed by atoms with E-state index in [0.717, 1.165) is 29.6 Å². The summed E-state index contributed by atoms with van der Waals surface area (Å²) < 4.78 is 0. The predicted molar refractivity (Wildman–Crippen MR) is 151 cm³/mol. The van der Waals surface area contributed by atoms with E-state index in [1.165, 1.54) is 89.9 Å². The van der Waals surface area contributed by atoms with Crippen molar-refractivity contribution in [3.8, 4) is 0 Å². The number of hydrogen-bond acceptors (Lipinski definition) is 4. The van der Waals surface area contributed by atoms with Crippen molar-refractivity contribution in [1.82, 2.24) is 5.53 Å². The summed E-state index contributed by atoms with van der Waals surface area (Å²) in [5, 5.41) is 0. The molecule has 0 aromatic carbocycles. The molecular formula is C30H62N4. The van der Waals surface area contributed by atoms with Crippen LogP contribution in [0.5, 0.6) is 0 Å². The SMILES string of the molecule is C=CCCCCCC1CCC2C3CCC4CC(N)CCC4(C)C3CCC12C.CC.CC.NNN. The fourth-order valence-electron chi connectivity index (χ4n) is 8.73. The van der Waals surface area contributed by atoms with Crippen LogP contribution in [0.2, 0.25) is 0 Å². The largest absolute Gasteiger partial charge is 0.328 e. The summed E-state index contributed by atoms with van der Waals surface area (Å²) in [4.78, 5) is 0. The molecule has 202 valence electrons. The summed E-state index contributed by atoms with van der Waals surface area (Å²) in [5.74, 6) is 13.8. The van der Waals surface area contributed by atoms with Crippen LogP contribution in [0, 0.1) is 40.4 Å². The minimum Gasteiger partial charge on any atom is -0.328 e. The lowest BCUT2D eigenvalue weighted by Gasteiger charge is -2.61. The van der Waals surface area contributed by atoms with Crippen molar-refractivity contribution < 1.29 is 0 Å². The van der Waals surface area contributed by atoms with Gasteiger partial charge in [-0.3, -0.25) is 11.7 Å². The number of fused-ring (bicyclic) bond motifs is 5. The molecule has 0 aromatic rings. The fourth-order valence-corrected chi connectivity index (χ4v) is 8.73. The van der Waals surface area contributed by atoms with Gasteiger partial charge in [-0.1, -0.05) is 60.5 Å². The molecule has 4 aliphatic carbocycles. The average molecular weight is 479 g/mol. The number of hydrazine groups is 2. The first-order valence-electron chi connectivity index (χ1n) is 14.9. The third-order valence-corrected chi connectivity index (χ3v) is 10.4. The van der Waals surface area contributed by atoms with Crippen molar-refractivity contribution in [3.63, 3.8) is 0 Å². The first-order chi connectivity index (χ1) is 16.4. The first kappa shape index (κ1) is 31.6. The van der Waals surface area contributed by atoms with Crippen LogP contribution in [0.1, 0.15) is 131 Å². The molecule has 4 heteroatoms. The van der Waals surface area contributed by atoms with Gasteiger partial charge in [-0.25, -0.2) is 0 Å². The maximum Gasteiger partial charge on any atom is 0.00418 e. The third kappa shape index (κ3) is 7.08. The molecule has 4 saturated carbocycles. The van der Waals surface area contributed by atoms with Crippen LogP contribution in [-0.4, -0.2) is 6.04 Å². The zero-order valence-corrected chi connectivity index (χ0v) is 23.9. The van der Waals surface area contributed by atoms with Crippen molar-refractivity contribution in [2.45, 2.75) is 137 Å². The highest BCUT2D eigenvalue weighted by Gasteiger charge is 2.59. The van der Waals surface area contributed by atoms with Crippen LogP contribution in [-0.2, 0) is 0 Å². The van der Waals surface area contributed by atoms with E-state index in [1.807, 2.05) is 27.7 Å². The van der Waals surface area contributed by atoms with E-state index >= 15 is 0 Å². The third-order valence-electron chi connectivity index (χ3n) is 10.4. The van der Waals surface area contributed by atoms with Gasteiger partial charge < -0.3 is 5.73 Å². The van der Waals surface area contributed by atoms with Crippen LogP contribution in [0.3, 0.4) is 0 Å². The molecule has 4 fully saturated rings. The van der Waals surface area contributed by atoms with Crippen LogP contribution in [0.4, 0.5) is 0 Å². The lowest BCUT2D eigenvalue weighted by molar-refractivity contribution is -0.113. The number of hydrogen-bond donors (Lipinski definition) is 4. The van der Waals surface area contributed by atoms with E-state index in [9.17, 15) is 0 Å². The molecule has 0 heterocycles. The second kappa shape index (κ2) is 15.6.